The molecule has 0 saturated carbocycles. The topological polar surface area (TPSA) is 64.4 Å². The van der Waals surface area contributed by atoms with E-state index in [1.807, 2.05) is 13.8 Å². The molecule has 3 rings (SSSR count). The van der Waals surface area contributed by atoms with Crippen molar-refractivity contribution in [3.8, 4) is 5.75 Å². The van der Waals surface area contributed by atoms with Crippen LogP contribution < -0.4 is 10.1 Å². The summed E-state index contributed by atoms with van der Waals surface area (Å²) in [6, 6.07) is 11.4. The van der Waals surface area contributed by atoms with Crippen LogP contribution in [0.3, 0.4) is 0 Å². The van der Waals surface area contributed by atoms with Crippen LogP contribution in [0.5, 0.6) is 5.75 Å². The number of hydrogen-bond acceptors (Lipinski definition) is 4. The summed E-state index contributed by atoms with van der Waals surface area (Å²) in [6.07, 6.45) is 0. The number of carbonyl (C=O) groups is 1. The van der Waals surface area contributed by atoms with Crippen molar-refractivity contribution in [2.45, 2.75) is 27.4 Å². The van der Waals surface area contributed by atoms with Crippen LogP contribution in [0.15, 0.2) is 47.0 Å². The zero-order chi connectivity index (χ0) is 18.7. The van der Waals surface area contributed by atoms with Gasteiger partial charge in [0.25, 0.3) is 5.91 Å². The van der Waals surface area contributed by atoms with Crippen LogP contribution in [0, 0.1) is 26.6 Å². The maximum atomic E-state index is 13.9. The summed E-state index contributed by atoms with van der Waals surface area (Å²) >= 11 is 0. The predicted molar refractivity (Wildman–Crippen MR) is 95.8 cm³/mol. The Labute approximate surface area is 150 Å². The Balaban J connectivity index is 1.71. The molecule has 0 atom stereocenters. The number of halogens is 1. The highest BCUT2D eigenvalue weighted by Gasteiger charge is 2.12. The van der Waals surface area contributed by atoms with Crippen molar-refractivity contribution < 1.29 is 18.4 Å². The van der Waals surface area contributed by atoms with Gasteiger partial charge in [-0.1, -0.05) is 17.3 Å². The monoisotopic (exact) mass is 354 g/mol. The van der Waals surface area contributed by atoms with E-state index in [0.29, 0.717) is 23.7 Å². The average molecular weight is 354 g/mol. The van der Waals surface area contributed by atoms with E-state index in [4.69, 9.17) is 9.26 Å². The fourth-order valence-electron chi connectivity index (χ4n) is 2.51. The van der Waals surface area contributed by atoms with Crippen molar-refractivity contribution >= 4 is 11.6 Å². The molecule has 1 N–H and O–H groups in total. The van der Waals surface area contributed by atoms with Crippen molar-refractivity contribution in [3.63, 3.8) is 0 Å². The molecule has 0 fully saturated rings. The molecule has 0 unspecified atom stereocenters. The molecule has 1 heterocycles. The standard InChI is InChI=1S/C20H19FN2O3/c1-12-7-8-19(18(21)9-12)22-20(24)15-5-4-6-16(10-15)25-11-17-13(2)23-26-14(17)3/h4-10H,11H2,1-3H3,(H,22,24). The predicted octanol–water partition coefficient (Wildman–Crippen LogP) is 4.57. The number of hydrogen-bond donors (Lipinski definition) is 1. The Morgan fingerprint density at radius 1 is 1.19 bits per heavy atom. The van der Waals surface area contributed by atoms with E-state index >= 15 is 0 Å². The van der Waals surface area contributed by atoms with Gasteiger partial charge in [-0.3, -0.25) is 4.79 Å². The van der Waals surface area contributed by atoms with Gasteiger partial charge in [0.05, 0.1) is 16.9 Å². The number of nitrogens with zero attached hydrogens (tertiary/aromatic N) is 1. The van der Waals surface area contributed by atoms with Gasteiger partial charge < -0.3 is 14.6 Å². The van der Waals surface area contributed by atoms with Crippen molar-refractivity contribution in [3.05, 3.63) is 76.4 Å². The van der Waals surface area contributed by atoms with E-state index in [1.165, 1.54) is 6.07 Å². The minimum absolute atomic E-state index is 0.141. The molecule has 0 aliphatic rings. The normalized spacial score (nSPS) is 10.6. The number of anilines is 1. The molecule has 6 heteroatoms. The lowest BCUT2D eigenvalue weighted by Crippen LogP contribution is -2.13. The first kappa shape index (κ1) is 17.7. The second-order valence-electron chi connectivity index (χ2n) is 6.06. The minimum Gasteiger partial charge on any atom is -0.489 e. The SMILES string of the molecule is Cc1ccc(NC(=O)c2cccc(OCc3c(C)noc3C)c2)c(F)c1. The molecular formula is C20H19FN2O3. The molecule has 1 aromatic heterocycles. The maximum Gasteiger partial charge on any atom is 0.255 e. The van der Waals surface area contributed by atoms with E-state index in [1.54, 1.807) is 43.3 Å². The van der Waals surface area contributed by atoms with E-state index in [2.05, 4.69) is 10.5 Å². The Kier molecular flexibility index (Phi) is 5.02. The van der Waals surface area contributed by atoms with Gasteiger partial charge in [0.2, 0.25) is 0 Å². The highest BCUT2D eigenvalue weighted by atomic mass is 19.1. The lowest BCUT2D eigenvalue weighted by atomic mass is 10.1. The Morgan fingerprint density at radius 2 is 2.00 bits per heavy atom. The number of nitrogens with one attached hydrogen (secondary N) is 1. The summed E-state index contributed by atoms with van der Waals surface area (Å²) in [6.45, 7) is 5.74. The van der Waals surface area contributed by atoms with Gasteiger partial charge in [0, 0.05) is 5.56 Å². The van der Waals surface area contributed by atoms with Crippen molar-refractivity contribution in [2.24, 2.45) is 0 Å². The molecule has 134 valence electrons. The Hall–Kier alpha value is -3.15. The summed E-state index contributed by atoms with van der Waals surface area (Å²) in [5, 5.41) is 6.46. The number of benzene rings is 2. The highest BCUT2D eigenvalue weighted by Crippen LogP contribution is 2.20. The zero-order valence-corrected chi connectivity index (χ0v) is 14.8. The molecule has 3 aromatic rings. The zero-order valence-electron chi connectivity index (χ0n) is 14.8. The molecule has 0 radical (unpaired) electrons. The Morgan fingerprint density at radius 3 is 2.69 bits per heavy atom. The molecule has 0 saturated heterocycles. The highest BCUT2D eigenvalue weighted by molar-refractivity contribution is 6.04. The minimum atomic E-state index is -0.468. The van der Waals surface area contributed by atoms with E-state index in [-0.39, 0.29) is 5.69 Å². The Bertz CT molecular complexity index is 930. The summed E-state index contributed by atoms with van der Waals surface area (Å²) in [5.74, 6) is 0.355. The first-order valence-electron chi connectivity index (χ1n) is 8.16. The third-order valence-electron chi connectivity index (χ3n) is 4.03. The van der Waals surface area contributed by atoms with Crippen LogP contribution in [-0.4, -0.2) is 11.1 Å². The third kappa shape index (κ3) is 3.91. The first-order valence-corrected chi connectivity index (χ1v) is 8.16. The van der Waals surface area contributed by atoms with Crippen LogP contribution in [0.1, 0.15) is 32.9 Å². The van der Waals surface area contributed by atoms with Gasteiger partial charge in [-0.2, -0.15) is 0 Å². The second kappa shape index (κ2) is 7.39. The van der Waals surface area contributed by atoms with Gasteiger partial charge in [0.1, 0.15) is 23.9 Å². The molecular weight excluding hydrogens is 335 g/mol. The lowest BCUT2D eigenvalue weighted by Gasteiger charge is -2.09. The summed E-state index contributed by atoms with van der Waals surface area (Å²) in [4.78, 5) is 12.4. The van der Waals surface area contributed by atoms with Gasteiger partial charge >= 0.3 is 0 Å². The van der Waals surface area contributed by atoms with E-state index in [0.717, 1.165) is 16.8 Å². The van der Waals surface area contributed by atoms with Crippen molar-refractivity contribution in [2.75, 3.05) is 5.32 Å². The van der Waals surface area contributed by atoms with E-state index in [9.17, 15) is 9.18 Å². The van der Waals surface area contributed by atoms with Gasteiger partial charge in [-0.05, 0) is 56.7 Å². The van der Waals surface area contributed by atoms with Crippen LogP contribution in [0.25, 0.3) is 0 Å². The number of aryl methyl sites for hydroxylation is 3. The number of ether oxygens (including phenoxy) is 1. The summed E-state index contributed by atoms with van der Waals surface area (Å²) in [7, 11) is 0. The van der Waals surface area contributed by atoms with E-state index < -0.39 is 11.7 Å². The summed E-state index contributed by atoms with van der Waals surface area (Å²) < 4.78 is 24.7. The fourth-order valence-corrected chi connectivity index (χ4v) is 2.51. The fraction of sp³-hybridized carbons (Fsp3) is 0.200. The average Bonchev–Trinajstić information content (AvgIpc) is 2.94. The van der Waals surface area contributed by atoms with Crippen LogP contribution in [0.4, 0.5) is 10.1 Å². The molecule has 0 aliphatic heterocycles. The lowest BCUT2D eigenvalue weighted by molar-refractivity contribution is 0.102. The second-order valence-corrected chi connectivity index (χ2v) is 6.06. The van der Waals surface area contributed by atoms with Gasteiger partial charge in [0.15, 0.2) is 0 Å². The molecule has 2 aromatic carbocycles. The smallest absolute Gasteiger partial charge is 0.255 e. The van der Waals surface area contributed by atoms with Crippen molar-refractivity contribution in [1.29, 1.82) is 0 Å². The molecule has 26 heavy (non-hydrogen) atoms. The number of carbonyl (C=O) groups excluding carboxylic acids is 1. The van der Waals surface area contributed by atoms with Gasteiger partial charge in [-0.15, -0.1) is 0 Å². The molecule has 0 spiro atoms. The molecule has 0 bridgehead atoms. The molecule has 0 aliphatic carbocycles. The van der Waals surface area contributed by atoms with Gasteiger partial charge in [-0.25, -0.2) is 4.39 Å². The van der Waals surface area contributed by atoms with Crippen LogP contribution in [0.2, 0.25) is 0 Å². The number of aromatic nitrogens is 1. The largest absolute Gasteiger partial charge is 0.489 e. The maximum absolute atomic E-state index is 13.9. The summed E-state index contributed by atoms with van der Waals surface area (Å²) in [5.41, 5.74) is 2.95. The third-order valence-corrected chi connectivity index (χ3v) is 4.03. The van der Waals surface area contributed by atoms with Crippen LogP contribution >= 0.6 is 0 Å². The molecule has 1 amide bonds. The number of amides is 1. The molecule has 5 nitrogen and oxygen atoms in total. The first-order chi connectivity index (χ1) is 12.4. The van der Waals surface area contributed by atoms with Crippen molar-refractivity contribution in [1.82, 2.24) is 5.16 Å². The number of rotatable bonds is 5. The van der Waals surface area contributed by atoms with Crippen LogP contribution in [-0.2, 0) is 6.61 Å². The quantitative estimate of drug-likeness (QED) is 0.729.